The molecule has 0 aliphatic rings. The molecule has 0 heterocycles. The van der Waals surface area contributed by atoms with E-state index in [4.69, 9.17) is 0 Å². The largest absolute Gasteiger partial charge is 0.405 e. The minimum atomic E-state index is -0.279. The van der Waals surface area contributed by atoms with Crippen LogP contribution in [0.5, 0.6) is 0 Å². The molecule has 1 aromatic carbocycles. The second kappa shape index (κ2) is 4.96. The Balaban J connectivity index is 2.39. The first kappa shape index (κ1) is 9.29. The van der Waals surface area contributed by atoms with E-state index in [9.17, 15) is 0 Å². The van der Waals surface area contributed by atoms with Crippen LogP contribution in [0.2, 0.25) is 17.3 Å². The van der Waals surface area contributed by atoms with Gasteiger partial charge in [0.1, 0.15) is 0 Å². The Morgan fingerprint density at radius 3 is 2.36 bits per heavy atom. The van der Waals surface area contributed by atoms with E-state index in [-0.39, 0.29) is 29.2 Å². The summed E-state index contributed by atoms with van der Waals surface area (Å²) in [5.41, 5.74) is 0. The molecular formula is C9H14MgSi. The van der Waals surface area contributed by atoms with Gasteiger partial charge in [-0.25, -0.2) is 0 Å². The normalized spacial score (nSPS) is 9.73. The Morgan fingerprint density at radius 2 is 1.82 bits per heavy atom. The molecular weight excluding hydrogens is 160 g/mol. The van der Waals surface area contributed by atoms with E-state index in [2.05, 4.69) is 43.4 Å². The zero-order valence-electron chi connectivity index (χ0n) is 7.38. The first-order valence-corrected chi connectivity index (χ1v) is 9.16. The van der Waals surface area contributed by atoms with Gasteiger partial charge in [0.2, 0.25) is 0 Å². The van der Waals surface area contributed by atoms with Gasteiger partial charge in [0.05, 0.1) is 0 Å². The molecule has 0 aromatic heterocycles. The van der Waals surface area contributed by atoms with Crippen molar-refractivity contribution in [1.82, 2.24) is 0 Å². The zero-order chi connectivity index (χ0) is 8.10. The monoisotopic (exact) mass is 174 g/mol. The molecule has 0 nitrogen and oxygen atoms in total. The summed E-state index contributed by atoms with van der Waals surface area (Å²) in [7, 11) is -0.279. The third kappa shape index (κ3) is 3.94. The molecule has 2 heteroatoms. The molecule has 56 valence electrons. The second-order valence-corrected chi connectivity index (χ2v) is 9.83. The summed E-state index contributed by atoms with van der Waals surface area (Å²) in [5.74, 6) is 0. The number of benzene rings is 1. The predicted octanol–water partition coefficient (Wildman–Crippen LogP) is 1.46. The molecule has 11 heavy (non-hydrogen) atoms. The topological polar surface area (TPSA) is 0 Å². The molecule has 0 aliphatic heterocycles. The van der Waals surface area contributed by atoms with E-state index in [0.29, 0.717) is 0 Å². The summed E-state index contributed by atoms with van der Waals surface area (Å²) in [6, 6.07) is 11.0. The van der Waals surface area contributed by atoms with Gasteiger partial charge in [-0.1, -0.05) is 43.4 Å². The summed E-state index contributed by atoms with van der Waals surface area (Å²) < 4.78 is 3.21. The molecule has 0 fully saturated rings. The van der Waals surface area contributed by atoms with Crippen molar-refractivity contribution in [2.45, 2.75) is 17.3 Å². The SMILES string of the molecule is C[SiH](C)[CH2][Mg][c]1ccccc1. The van der Waals surface area contributed by atoms with Gasteiger partial charge in [0.15, 0.2) is 0 Å². The maximum Gasteiger partial charge on any atom is 0.405 e. The van der Waals surface area contributed by atoms with Crippen LogP contribution >= 0.6 is 0 Å². The zero-order valence-corrected chi connectivity index (χ0v) is 9.95. The molecule has 0 N–H and O–H groups in total. The van der Waals surface area contributed by atoms with Crippen molar-refractivity contribution < 1.29 is 0 Å². The van der Waals surface area contributed by atoms with Crippen LogP contribution in [0.3, 0.4) is 0 Å². The Hall–Kier alpha value is 0.203. The van der Waals surface area contributed by atoms with Crippen molar-refractivity contribution >= 4 is 32.9 Å². The van der Waals surface area contributed by atoms with Crippen molar-refractivity contribution in [3.8, 4) is 0 Å². The third-order valence-corrected chi connectivity index (χ3v) is 8.68. The van der Waals surface area contributed by atoms with Gasteiger partial charge < -0.3 is 0 Å². The minimum absolute atomic E-state index is 0.103. The van der Waals surface area contributed by atoms with Gasteiger partial charge in [-0.3, -0.25) is 0 Å². The van der Waals surface area contributed by atoms with Gasteiger partial charge in [0.25, 0.3) is 0 Å². The molecule has 1 aromatic rings. The summed E-state index contributed by atoms with van der Waals surface area (Å²) in [6.07, 6.45) is 0. The molecule has 0 aliphatic carbocycles. The van der Waals surface area contributed by atoms with Crippen LogP contribution in [0.4, 0.5) is 0 Å². The Labute approximate surface area is 80.3 Å². The van der Waals surface area contributed by atoms with Gasteiger partial charge in [-0.2, -0.15) is 3.69 Å². The molecule has 0 bridgehead atoms. The van der Waals surface area contributed by atoms with Crippen LogP contribution in [0.15, 0.2) is 30.3 Å². The average molecular weight is 175 g/mol. The number of hydrogen-bond donors (Lipinski definition) is 0. The lowest BCUT2D eigenvalue weighted by Gasteiger charge is -2.00. The van der Waals surface area contributed by atoms with E-state index >= 15 is 0 Å². The smallest absolute Gasteiger partial charge is 0.174 e. The third-order valence-electron chi connectivity index (χ3n) is 1.85. The highest BCUT2D eigenvalue weighted by Crippen LogP contribution is 1.89. The van der Waals surface area contributed by atoms with Crippen molar-refractivity contribution in [3.63, 3.8) is 0 Å². The highest BCUT2D eigenvalue weighted by molar-refractivity contribution is 6.72. The van der Waals surface area contributed by atoms with Crippen LogP contribution < -0.4 is 3.69 Å². The van der Waals surface area contributed by atoms with Crippen molar-refractivity contribution in [1.29, 1.82) is 0 Å². The Kier molecular flexibility index (Phi) is 4.19. The fourth-order valence-electron chi connectivity index (χ4n) is 1.10. The lowest BCUT2D eigenvalue weighted by Crippen LogP contribution is -2.17. The standard InChI is InChI=1S/C6H5.C3H9Si.Mg/c1-2-4-6-5-3-1;1-4(2)3;/h1-5H;4H,1H2,2-3H3;. The van der Waals surface area contributed by atoms with E-state index < -0.39 is 0 Å². The molecule has 0 radical (unpaired) electrons. The van der Waals surface area contributed by atoms with Crippen LogP contribution in [0.1, 0.15) is 0 Å². The predicted molar refractivity (Wildman–Crippen MR) is 55.5 cm³/mol. The molecule has 1 rings (SSSR count). The average Bonchev–Trinajstić information content (AvgIpc) is 2.03. The summed E-state index contributed by atoms with van der Waals surface area (Å²) in [5, 5.41) is 0. The highest BCUT2D eigenvalue weighted by atomic mass is 28.3. The summed E-state index contributed by atoms with van der Waals surface area (Å²) in [6.45, 7) is 4.88. The number of hydrogen-bond acceptors (Lipinski definition) is 0. The molecule has 0 saturated heterocycles. The van der Waals surface area contributed by atoms with Crippen LogP contribution in [0.25, 0.3) is 0 Å². The van der Waals surface area contributed by atoms with E-state index in [1.165, 1.54) is 0 Å². The minimum Gasteiger partial charge on any atom is -0.174 e. The molecule has 0 unspecified atom stereocenters. The quantitative estimate of drug-likeness (QED) is 0.609. The van der Waals surface area contributed by atoms with Crippen molar-refractivity contribution in [2.75, 3.05) is 0 Å². The lowest BCUT2D eigenvalue weighted by atomic mass is 10.4. The highest BCUT2D eigenvalue weighted by Gasteiger charge is 2.00. The van der Waals surface area contributed by atoms with Gasteiger partial charge in [0, 0.05) is 8.80 Å². The van der Waals surface area contributed by atoms with Crippen LogP contribution in [-0.2, 0) is 0 Å². The van der Waals surface area contributed by atoms with Gasteiger partial charge in [-0.15, -0.1) is 4.17 Å². The molecule has 0 spiro atoms. The fourth-order valence-corrected chi connectivity index (χ4v) is 5.35. The molecule has 0 saturated carbocycles. The lowest BCUT2D eigenvalue weighted by molar-refractivity contribution is 1.74. The maximum atomic E-state index is 2.44. The first-order chi connectivity index (χ1) is 5.29. The van der Waals surface area contributed by atoms with Crippen molar-refractivity contribution in [3.05, 3.63) is 30.3 Å². The summed E-state index contributed by atoms with van der Waals surface area (Å²) >= 11 is 0.103. The van der Waals surface area contributed by atoms with Crippen molar-refractivity contribution in [2.24, 2.45) is 0 Å². The maximum absolute atomic E-state index is 2.44. The van der Waals surface area contributed by atoms with Gasteiger partial charge in [-0.05, 0) is 0 Å². The summed E-state index contributed by atoms with van der Waals surface area (Å²) in [4.78, 5) is 0. The Morgan fingerprint density at radius 1 is 1.18 bits per heavy atom. The van der Waals surface area contributed by atoms with Crippen LogP contribution in [-0.4, -0.2) is 29.2 Å². The number of rotatable bonds is 3. The molecule has 0 atom stereocenters. The van der Waals surface area contributed by atoms with E-state index in [1.807, 2.05) is 0 Å². The Bertz CT molecular complexity index is 196. The van der Waals surface area contributed by atoms with E-state index in [1.54, 1.807) is 7.87 Å². The fraction of sp³-hybridized carbons (Fsp3) is 0.333. The van der Waals surface area contributed by atoms with E-state index in [0.717, 1.165) is 0 Å². The second-order valence-electron chi connectivity index (χ2n) is 3.42. The van der Waals surface area contributed by atoms with Crippen LogP contribution in [0, 0.1) is 0 Å². The van der Waals surface area contributed by atoms with Gasteiger partial charge >= 0.3 is 20.4 Å². The first-order valence-electron chi connectivity index (χ1n) is 4.33. The molecule has 0 amide bonds.